The molecule has 4 aromatic rings. The van der Waals surface area contributed by atoms with Crippen LogP contribution in [0.3, 0.4) is 0 Å². The molecule has 0 aliphatic rings. The van der Waals surface area contributed by atoms with Crippen molar-refractivity contribution in [3.8, 4) is 0 Å². The maximum absolute atomic E-state index is 13.3. The van der Waals surface area contributed by atoms with Crippen LogP contribution in [0.15, 0.2) is 79.1 Å². The van der Waals surface area contributed by atoms with E-state index >= 15 is 0 Å². The van der Waals surface area contributed by atoms with E-state index in [4.69, 9.17) is 4.98 Å². The van der Waals surface area contributed by atoms with Crippen molar-refractivity contribution in [2.45, 2.75) is 18.8 Å². The molecule has 6 nitrogen and oxygen atoms in total. The number of rotatable bonds is 7. The lowest BCUT2D eigenvalue weighted by molar-refractivity contribution is -0.128. The van der Waals surface area contributed by atoms with Crippen LogP contribution < -0.4 is 10.6 Å². The van der Waals surface area contributed by atoms with Crippen molar-refractivity contribution in [2.75, 3.05) is 11.9 Å². The standard InChI is InChI=1S/C24H22N4O2S/c1-24(17-8-3-2-4-9-17,14-22-28-19-11-5-6-12-20(19)31-22)23(30)26-16-21(29)27-18-10-7-13-25-15-18/h2-13,15H,14,16H2,1H3,(H,26,30)(H,27,29). The highest BCUT2D eigenvalue weighted by Gasteiger charge is 2.36. The van der Waals surface area contributed by atoms with Crippen molar-refractivity contribution < 1.29 is 9.59 Å². The lowest BCUT2D eigenvalue weighted by Gasteiger charge is -2.28. The Labute approximate surface area is 184 Å². The van der Waals surface area contributed by atoms with Crippen LogP contribution in [0, 0.1) is 0 Å². The first-order valence-corrected chi connectivity index (χ1v) is 10.7. The third kappa shape index (κ3) is 4.78. The number of nitrogens with zero attached hydrogens (tertiary/aromatic N) is 2. The molecule has 0 aliphatic carbocycles. The summed E-state index contributed by atoms with van der Waals surface area (Å²) in [5.41, 5.74) is 1.51. The minimum atomic E-state index is -0.871. The molecule has 156 valence electrons. The Morgan fingerprint density at radius 3 is 2.52 bits per heavy atom. The number of para-hydroxylation sites is 1. The maximum atomic E-state index is 13.3. The smallest absolute Gasteiger partial charge is 0.243 e. The van der Waals surface area contributed by atoms with E-state index in [2.05, 4.69) is 15.6 Å². The molecule has 0 spiro atoms. The monoisotopic (exact) mass is 430 g/mol. The number of pyridine rings is 1. The van der Waals surface area contributed by atoms with Gasteiger partial charge in [-0.05, 0) is 36.8 Å². The van der Waals surface area contributed by atoms with Crippen LogP contribution >= 0.6 is 11.3 Å². The molecular weight excluding hydrogens is 408 g/mol. The zero-order valence-corrected chi connectivity index (χ0v) is 17.9. The number of fused-ring (bicyclic) bond motifs is 1. The molecule has 2 heterocycles. The molecule has 1 atom stereocenters. The predicted octanol–water partition coefficient (Wildman–Crippen LogP) is 3.95. The van der Waals surface area contributed by atoms with Gasteiger partial charge in [-0.15, -0.1) is 11.3 Å². The molecule has 0 fully saturated rings. The summed E-state index contributed by atoms with van der Waals surface area (Å²) < 4.78 is 1.09. The second-order valence-corrected chi connectivity index (χ2v) is 8.54. The van der Waals surface area contributed by atoms with Gasteiger partial charge in [0.1, 0.15) is 0 Å². The molecule has 2 aromatic carbocycles. The molecule has 4 rings (SSSR count). The molecule has 0 radical (unpaired) electrons. The number of amides is 2. The number of carbonyl (C=O) groups excluding carboxylic acids is 2. The van der Waals surface area contributed by atoms with Gasteiger partial charge >= 0.3 is 0 Å². The fourth-order valence-electron chi connectivity index (χ4n) is 3.41. The van der Waals surface area contributed by atoms with Gasteiger partial charge in [-0.1, -0.05) is 42.5 Å². The van der Waals surface area contributed by atoms with Crippen molar-refractivity contribution in [1.29, 1.82) is 0 Å². The molecule has 31 heavy (non-hydrogen) atoms. The minimum Gasteiger partial charge on any atom is -0.346 e. The van der Waals surface area contributed by atoms with Gasteiger partial charge in [0.05, 0.1) is 39.1 Å². The Balaban J connectivity index is 1.52. The first kappa shape index (κ1) is 20.7. The zero-order chi connectivity index (χ0) is 21.7. The van der Waals surface area contributed by atoms with Crippen molar-refractivity contribution in [2.24, 2.45) is 0 Å². The SMILES string of the molecule is CC(Cc1nc2ccccc2s1)(C(=O)NCC(=O)Nc1cccnc1)c1ccccc1. The molecule has 1 unspecified atom stereocenters. The normalized spacial score (nSPS) is 12.8. The number of aromatic nitrogens is 2. The Hall–Kier alpha value is -3.58. The van der Waals surface area contributed by atoms with Gasteiger partial charge in [0.25, 0.3) is 0 Å². The van der Waals surface area contributed by atoms with E-state index < -0.39 is 5.41 Å². The fourth-order valence-corrected chi connectivity index (χ4v) is 4.54. The van der Waals surface area contributed by atoms with Gasteiger partial charge in [-0.2, -0.15) is 0 Å². The molecule has 0 saturated carbocycles. The zero-order valence-electron chi connectivity index (χ0n) is 17.0. The van der Waals surface area contributed by atoms with E-state index in [9.17, 15) is 9.59 Å². The summed E-state index contributed by atoms with van der Waals surface area (Å²) in [4.78, 5) is 34.3. The van der Waals surface area contributed by atoms with E-state index in [1.807, 2.05) is 61.5 Å². The van der Waals surface area contributed by atoms with E-state index in [0.29, 0.717) is 12.1 Å². The van der Waals surface area contributed by atoms with Crippen LogP contribution in [0.2, 0.25) is 0 Å². The summed E-state index contributed by atoms with van der Waals surface area (Å²) in [5.74, 6) is -0.531. The van der Waals surface area contributed by atoms with Crippen LogP contribution in [-0.4, -0.2) is 28.3 Å². The molecule has 0 aliphatic heterocycles. The maximum Gasteiger partial charge on any atom is 0.243 e. The Morgan fingerprint density at radius 1 is 1.00 bits per heavy atom. The molecular formula is C24H22N4O2S. The van der Waals surface area contributed by atoms with Gasteiger partial charge in [-0.25, -0.2) is 4.98 Å². The Morgan fingerprint density at radius 2 is 1.77 bits per heavy atom. The topological polar surface area (TPSA) is 84.0 Å². The van der Waals surface area contributed by atoms with E-state index in [1.165, 1.54) is 0 Å². The average molecular weight is 431 g/mol. The molecule has 7 heteroatoms. The molecule has 2 N–H and O–H groups in total. The number of carbonyl (C=O) groups is 2. The largest absolute Gasteiger partial charge is 0.346 e. The number of hydrogen-bond acceptors (Lipinski definition) is 5. The molecule has 0 saturated heterocycles. The summed E-state index contributed by atoms with van der Waals surface area (Å²) in [7, 11) is 0. The Kier molecular flexibility index (Phi) is 6.04. The van der Waals surface area contributed by atoms with Gasteiger partial charge in [0.15, 0.2) is 0 Å². The molecule has 2 aromatic heterocycles. The summed E-state index contributed by atoms with van der Waals surface area (Å²) in [6.07, 6.45) is 3.62. The van der Waals surface area contributed by atoms with Gasteiger partial charge in [0, 0.05) is 12.6 Å². The van der Waals surface area contributed by atoms with Crippen molar-refractivity contribution in [3.63, 3.8) is 0 Å². The third-order valence-electron chi connectivity index (χ3n) is 5.11. The first-order chi connectivity index (χ1) is 15.0. The highest BCUT2D eigenvalue weighted by atomic mass is 32.1. The summed E-state index contributed by atoms with van der Waals surface area (Å²) in [6, 6.07) is 21.0. The summed E-state index contributed by atoms with van der Waals surface area (Å²) >= 11 is 1.59. The number of hydrogen-bond donors (Lipinski definition) is 2. The fraction of sp³-hybridized carbons (Fsp3) is 0.167. The number of anilines is 1. The summed E-state index contributed by atoms with van der Waals surface area (Å²) in [5, 5.41) is 6.41. The van der Waals surface area contributed by atoms with E-state index in [1.54, 1.807) is 35.9 Å². The third-order valence-corrected chi connectivity index (χ3v) is 6.15. The molecule has 0 bridgehead atoms. The van der Waals surface area contributed by atoms with Crippen molar-refractivity contribution in [3.05, 3.63) is 89.7 Å². The van der Waals surface area contributed by atoms with Crippen LogP contribution in [0.5, 0.6) is 0 Å². The van der Waals surface area contributed by atoms with Crippen LogP contribution in [0.25, 0.3) is 10.2 Å². The van der Waals surface area contributed by atoms with Crippen LogP contribution in [0.4, 0.5) is 5.69 Å². The van der Waals surface area contributed by atoms with E-state index in [0.717, 1.165) is 20.8 Å². The second kappa shape index (κ2) is 9.06. The first-order valence-electron chi connectivity index (χ1n) is 9.93. The quantitative estimate of drug-likeness (QED) is 0.465. The van der Waals surface area contributed by atoms with Crippen molar-refractivity contribution >= 4 is 39.1 Å². The highest BCUT2D eigenvalue weighted by Crippen LogP contribution is 2.32. The second-order valence-electron chi connectivity index (χ2n) is 7.42. The average Bonchev–Trinajstić information content (AvgIpc) is 3.20. The highest BCUT2D eigenvalue weighted by molar-refractivity contribution is 7.18. The lowest BCUT2D eigenvalue weighted by atomic mass is 9.78. The Bertz CT molecular complexity index is 1160. The van der Waals surface area contributed by atoms with E-state index in [-0.39, 0.29) is 18.4 Å². The molecule has 2 amide bonds. The van der Waals surface area contributed by atoms with Gasteiger partial charge in [0.2, 0.25) is 11.8 Å². The summed E-state index contributed by atoms with van der Waals surface area (Å²) in [6.45, 7) is 1.76. The number of thiazole rings is 1. The van der Waals surface area contributed by atoms with Gasteiger partial charge < -0.3 is 10.6 Å². The van der Waals surface area contributed by atoms with Crippen LogP contribution in [0.1, 0.15) is 17.5 Å². The minimum absolute atomic E-state index is 0.129. The number of benzene rings is 2. The lowest BCUT2D eigenvalue weighted by Crippen LogP contribution is -2.46. The van der Waals surface area contributed by atoms with Crippen LogP contribution in [-0.2, 0) is 21.4 Å². The van der Waals surface area contributed by atoms with Crippen molar-refractivity contribution in [1.82, 2.24) is 15.3 Å². The van der Waals surface area contributed by atoms with Gasteiger partial charge in [-0.3, -0.25) is 14.6 Å². The predicted molar refractivity (Wildman–Crippen MR) is 123 cm³/mol. The number of nitrogens with one attached hydrogen (secondary N) is 2.